The minimum atomic E-state index is -0.450. The molecule has 0 amide bonds. The fourth-order valence-electron chi connectivity index (χ4n) is 5.05. The molecule has 0 aromatic rings. The smallest absolute Gasteiger partial charge is 0.155 e. The molecule has 0 spiro atoms. The third-order valence-electron chi connectivity index (χ3n) is 6.68. The summed E-state index contributed by atoms with van der Waals surface area (Å²) in [5, 5.41) is 10.8. The molecule has 3 aliphatic carbocycles. The largest absolute Gasteiger partial charge is 0.393 e. The van der Waals surface area contributed by atoms with E-state index >= 15 is 0 Å². The Bertz CT molecular complexity index is 507. The lowest BCUT2D eigenvalue weighted by molar-refractivity contribution is -0.129. The Hall–Kier alpha value is -0.960. The van der Waals surface area contributed by atoms with Crippen LogP contribution in [-0.4, -0.2) is 22.8 Å². The Balaban J connectivity index is 1.88. The first kappa shape index (κ1) is 15.9. The van der Waals surface area contributed by atoms with Gasteiger partial charge >= 0.3 is 0 Å². The zero-order valence-electron chi connectivity index (χ0n) is 13.8. The Labute approximate surface area is 133 Å². The van der Waals surface area contributed by atoms with Crippen molar-refractivity contribution in [1.82, 2.24) is 0 Å². The lowest BCUT2D eigenvalue weighted by atomic mass is 9.66. The second-order valence-electron chi connectivity index (χ2n) is 7.93. The van der Waals surface area contributed by atoms with Crippen LogP contribution >= 0.6 is 0 Å². The topological polar surface area (TPSA) is 54.4 Å². The third kappa shape index (κ3) is 2.68. The molecule has 3 rings (SSSR count). The summed E-state index contributed by atoms with van der Waals surface area (Å²) in [7, 11) is 0. The molecule has 0 saturated heterocycles. The van der Waals surface area contributed by atoms with Crippen molar-refractivity contribution in [2.24, 2.45) is 23.2 Å². The SMILES string of the molecule is CC1C(O)CC2(C)C(=O)CCC2CCCC2=CC(=O)CCC21. The zero-order valence-corrected chi connectivity index (χ0v) is 13.8. The lowest BCUT2D eigenvalue weighted by Crippen LogP contribution is -2.39. The highest BCUT2D eigenvalue weighted by Crippen LogP contribution is 2.49. The molecule has 1 N–H and O–H groups in total. The number of carbonyl (C=O) groups is 2. The number of allylic oxidation sites excluding steroid dienone is 2. The van der Waals surface area contributed by atoms with Crippen molar-refractivity contribution in [1.29, 1.82) is 0 Å². The summed E-state index contributed by atoms with van der Waals surface area (Å²) in [6, 6.07) is 0. The fraction of sp³-hybridized carbons (Fsp3) is 0.789. The number of aliphatic hydroxyl groups excluding tert-OH is 1. The Morgan fingerprint density at radius 2 is 1.91 bits per heavy atom. The summed E-state index contributed by atoms with van der Waals surface area (Å²) < 4.78 is 0. The molecule has 5 atom stereocenters. The van der Waals surface area contributed by atoms with E-state index in [0.717, 1.165) is 32.1 Å². The van der Waals surface area contributed by atoms with Gasteiger partial charge in [-0.1, -0.05) is 19.4 Å². The third-order valence-corrected chi connectivity index (χ3v) is 6.68. The van der Waals surface area contributed by atoms with Gasteiger partial charge in [0, 0.05) is 18.3 Å². The van der Waals surface area contributed by atoms with Crippen molar-refractivity contribution in [3.05, 3.63) is 11.6 Å². The van der Waals surface area contributed by atoms with Crippen LogP contribution in [0.15, 0.2) is 11.6 Å². The molecule has 0 aromatic carbocycles. The van der Waals surface area contributed by atoms with Gasteiger partial charge in [-0.3, -0.25) is 9.59 Å². The monoisotopic (exact) mass is 304 g/mol. The van der Waals surface area contributed by atoms with E-state index in [1.807, 2.05) is 6.08 Å². The van der Waals surface area contributed by atoms with Crippen LogP contribution in [0, 0.1) is 23.2 Å². The highest BCUT2D eigenvalue weighted by atomic mass is 16.3. The van der Waals surface area contributed by atoms with Crippen LogP contribution in [0.5, 0.6) is 0 Å². The van der Waals surface area contributed by atoms with Crippen molar-refractivity contribution in [3.8, 4) is 0 Å². The van der Waals surface area contributed by atoms with Gasteiger partial charge in [-0.25, -0.2) is 0 Å². The van der Waals surface area contributed by atoms with E-state index in [2.05, 4.69) is 13.8 Å². The quantitative estimate of drug-likeness (QED) is 0.746. The molecule has 122 valence electrons. The van der Waals surface area contributed by atoms with Gasteiger partial charge in [-0.05, 0) is 62.4 Å². The number of hydrogen-bond acceptors (Lipinski definition) is 3. The maximum Gasteiger partial charge on any atom is 0.155 e. The number of ketones is 2. The van der Waals surface area contributed by atoms with Gasteiger partial charge in [0.25, 0.3) is 0 Å². The fourth-order valence-corrected chi connectivity index (χ4v) is 5.05. The normalized spacial score (nSPS) is 43.3. The van der Waals surface area contributed by atoms with Crippen LogP contribution < -0.4 is 0 Å². The van der Waals surface area contributed by atoms with Gasteiger partial charge in [-0.15, -0.1) is 0 Å². The summed E-state index contributed by atoms with van der Waals surface area (Å²) in [4.78, 5) is 24.2. The second kappa shape index (κ2) is 5.92. The second-order valence-corrected chi connectivity index (χ2v) is 7.93. The minimum absolute atomic E-state index is 0.128. The van der Waals surface area contributed by atoms with Crippen LogP contribution in [0.1, 0.15) is 65.2 Å². The number of hydrogen-bond donors (Lipinski definition) is 1. The van der Waals surface area contributed by atoms with Crippen LogP contribution in [0.3, 0.4) is 0 Å². The molecule has 2 saturated carbocycles. The van der Waals surface area contributed by atoms with E-state index in [0.29, 0.717) is 36.9 Å². The summed E-state index contributed by atoms with van der Waals surface area (Å²) in [5.41, 5.74) is 0.912. The van der Waals surface area contributed by atoms with Crippen molar-refractivity contribution in [2.75, 3.05) is 0 Å². The summed E-state index contributed by atoms with van der Waals surface area (Å²) in [5.74, 6) is 1.43. The number of Topliss-reactive ketones (excluding diaryl/α,β-unsaturated/α-hetero) is 1. The summed E-state index contributed by atoms with van der Waals surface area (Å²) in [6.45, 7) is 4.17. The minimum Gasteiger partial charge on any atom is -0.393 e. The molecular weight excluding hydrogens is 276 g/mol. The molecule has 3 nitrogen and oxygen atoms in total. The predicted octanol–water partition coefficient (Wildman–Crippen LogP) is 3.45. The van der Waals surface area contributed by atoms with Gasteiger partial charge in [-0.2, -0.15) is 0 Å². The number of fused-ring (bicyclic) bond motifs is 2. The molecule has 0 heterocycles. The van der Waals surface area contributed by atoms with E-state index in [4.69, 9.17) is 0 Å². The predicted molar refractivity (Wildman–Crippen MR) is 85.3 cm³/mol. The summed E-state index contributed by atoms with van der Waals surface area (Å²) >= 11 is 0. The van der Waals surface area contributed by atoms with Crippen molar-refractivity contribution in [3.63, 3.8) is 0 Å². The average molecular weight is 304 g/mol. The number of carbonyl (C=O) groups excluding carboxylic acids is 2. The maximum absolute atomic E-state index is 12.4. The summed E-state index contributed by atoms with van der Waals surface area (Å²) in [6.07, 6.45) is 8.15. The Morgan fingerprint density at radius 1 is 1.14 bits per heavy atom. The molecule has 2 fully saturated rings. The zero-order chi connectivity index (χ0) is 15.9. The van der Waals surface area contributed by atoms with Crippen LogP contribution in [-0.2, 0) is 9.59 Å². The van der Waals surface area contributed by atoms with E-state index < -0.39 is 6.10 Å². The first-order valence-corrected chi connectivity index (χ1v) is 8.86. The van der Waals surface area contributed by atoms with Crippen LogP contribution in [0.2, 0.25) is 0 Å². The number of rotatable bonds is 0. The number of aliphatic hydroxyl groups is 1. The Morgan fingerprint density at radius 3 is 2.68 bits per heavy atom. The van der Waals surface area contributed by atoms with Gasteiger partial charge < -0.3 is 5.11 Å². The standard InChI is InChI=1S/C19H28O3/c1-12-16-8-7-15(20)10-13(16)4-3-5-14-6-9-18(22)19(14,2)11-17(12)21/h10,12,14,16-17,21H,3-9,11H2,1-2H3. The Kier molecular flexibility index (Phi) is 4.28. The first-order chi connectivity index (χ1) is 10.4. The molecule has 3 heteroatoms. The molecule has 0 aliphatic heterocycles. The average Bonchev–Trinajstić information content (AvgIpc) is 2.74. The molecule has 22 heavy (non-hydrogen) atoms. The molecule has 0 radical (unpaired) electrons. The first-order valence-electron chi connectivity index (χ1n) is 8.86. The van der Waals surface area contributed by atoms with Gasteiger partial charge in [0.05, 0.1) is 6.10 Å². The highest BCUT2D eigenvalue weighted by molar-refractivity contribution is 5.91. The molecule has 5 unspecified atom stereocenters. The van der Waals surface area contributed by atoms with E-state index in [1.165, 1.54) is 5.57 Å². The van der Waals surface area contributed by atoms with Crippen LogP contribution in [0.25, 0.3) is 0 Å². The van der Waals surface area contributed by atoms with Crippen molar-refractivity contribution < 1.29 is 14.7 Å². The lowest BCUT2D eigenvalue weighted by Gasteiger charge is -2.39. The van der Waals surface area contributed by atoms with Crippen molar-refractivity contribution in [2.45, 2.75) is 71.3 Å². The molecular formula is C19H28O3. The van der Waals surface area contributed by atoms with Crippen LogP contribution in [0.4, 0.5) is 0 Å². The van der Waals surface area contributed by atoms with E-state index in [1.54, 1.807) is 0 Å². The van der Waals surface area contributed by atoms with Gasteiger partial charge in [0.1, 0.15) is 5.78 Å². The maximum atomic E-state index is 12.4. The highest BCUT2D eigenvalue weighted by Gasteiger charge is 2.48. The van der Waals surface area contributed by atoms with E-state index in [-0.39, 0.29) is 17.1 Å². The molecule has 0 bridgehead atoms. The molecule has 0 aromatic heterocycles. The van der Waals surface area contributed by atoms with Crippen molar-refractivity contribution >= 4 is 11.6 Å². The van der Waals surface area contributed by atoms with Gasteiger partial charge in [0.2, 0.25) is 0 Å². The van der Waals surface area contributed by atoms with Gasteiger partial charge in [0.15, 0.2) is 5.78 Å². The van der Waals surface area contributed by atoms with E-state index in [9.17, 15) is 14.7 Å². The molecule has 3 aliphatic rings.